The summed E-state index contributed by atoms with van der Waals surface area (Å²) < 4.78 is 36.2. The van der Waals surface area contributed by atoms with Gasteiger partial charge in [-0.2, -0.15) is 8.78 Å². The van der Waals surface area contributed by atoms with Crippen LogP contribution in [-0.2, 0) is 25.6 Å². The Kier molecular flexibility index (Phi) is 14.0. The summed E-state index contributed by atoms with van der Waals surface area (Å²) in [5.74, 6) is -6.78. The van der Waals surface area contributed by atoms with Crippen molar-refractivity contribution in [3.63, 3.8) is 0 Å². The van der Waals surface area contributed by atoms with Gasteiger partial charge in [-0.3, -0.25) is 19.2 Å². The van der Waals surface area contributed by atoms with Crippen molar-refractivity contribution in [1.29, 1.82) is 0 Å². The molecule has 11 heteroatoms. The standard InChI is InChI=1S/C32H50F2N4O5/c1-20(2)16-27(39)36-26(18-23-12-14-24(43-6)15-13-23)30(41)37-25(17-22-10-8-7-9-11-22)29(40)32(33,34)19-38(5)31(42)28(35)21(3)4/h12-15,20-22,25-26,28H,7-11,16-19,35H2,1-6H3,(H,36,39)(H,37,41)/t25?,26-,28-/m0/s1. The second kappa shape index (κ2) is 16.7. The number of carbonyl (C=O) groups is 4. The maximum Gasteiger partial charge on any atom is 0.324 e. The third-order valence-corrected chi connectivity index (χ3v) is 7.95. The van der Waals surface area contributed by atoms with Crippen LogP contribution in [0.2, 0.25) is 0 Å². The number of hydrogen-bond donors (Lipinski definition) is 3. The average Bonchev–Trinajstić information content (AvgIpc) is 2.95. The van der Waals surface area contributed by atoms with Crippen LogP contribution in [0, 0.1) is 17.8 Å². The molecule has 3 amide bonds. The molecule has 3 atom stereocenters. The quantitative estimate of drug-likeness (QED) is 0.261. The molecule has 0 radical (unpaired) electrons. The van der Waals surface area contributed by atoms with Crippen molar-refractivity contribution < 1.29 is 32.7 Å². The molecule has 1 fully saturated rings. The van der Waals surface area contributed by atoms with Gasteiger partial charge in [0, 0.05) is 19.9 Å². The minimum Gasteiger partial charge on any atom is -0.497 e. The molecule has 1 aromatic carbocycles. The van der Waals surface area contributed by atoms with Gasteiger partial charge in [0.1, 0.15) is 11.8 Å². The van der Waals surface area contributed by atoms with Crippen molar-refractivity contribution in [2.24, 2.45) is 23.5 Å². The van der Waals surface area contributed by atoms with E-state index in [2.05, 4.69) is 10.6 Å². The number of ether oxygens (including phenoxy) is 1. The van der Waals surface area contributed by atoms with Crippen molar-refractivity contribution in [2.75, 3.05) is 20.7 Å². The fourth-order valence-corrected chi connectivity index (χ4v) is 5.34. The molecule has 1 aliphatic carbocycles. The normalized spacial score (nSPS) is 16.3. The molecule has 0 bridgehead atoms. The summed E-state index contributed by atoms with van der Waals surface area (Å²) in [4.78, 5) is 53.1. The highest BCUT2D eigenvalue weighted by Gasteiger charge is 2.46. The number of likely N-dealkylation sites (N-methyl/N-ethyl adjacent to an activating group) is 1. The van der Waals surface area contributed by atoms with Crippen molar-refractivity contribution in [1.82, 2.24) is 15.5 Å². The summed E-state index contributed by atoms with van der Waals surface area (Å²) in [6.45, 7) is 6.00. The number of Topliss-reactive ketones (excluding diaryl/α,β-unsaturated/α-hetero) is 1. The van der Waals surface area contributed by atoms with Gasteiger partial charge in [-0.15, -0.1) is 0 Å². The minimum absolute atomic E-state index is 0.0110. The summed E-state index contributed by atoms with van der Waals surface area (Å²) >= 11 is 0. The van der Waals surface area contributed by atoms with Gasteiger partial charge in [-0.05, 0) is 41.9 Å². The van der Waals surface area contributed by atoms with Crippen LogP contribution in [0.15, 0.2) is 24.3 Å². The van der Waals surface area contributed by atoms with E-state index < -0.39 is 48.2 Å². The number of nitrogens with two attached hydrogens (primary N) is 1. The first-order valence-electron chi connectivity index (χ1n) is 15.3. The summed E-state index contributed by atoms with van der Waals surface area (Å²) in [7, 11) is 2.72. The first-order valence-corrected chi connectivity index (χ1v) is 15.3. The van der Waals surface area contributed by atoms with E-state index in [0.29, 0.717) is 11.3 Å². The highest BCUT2D eigenvalue weighted by molar-refractivity contribution is 5.96. The zero-order valence-electron chi connectivity index (χ0n) is 26.5. The first-order chi connectivity index (χ1) is 20.1. The monoisotopic (exact) mass is 608 g/mol. The van der Waals surface area contributed by atoms with Gasteiger partial charge in [0.15, 0.2) is 0 Å². The number of ketones is 1. The van der Waals surface area contributed by atoms with E-state index in [1.807, 2.05) is 13.8 Å². The summed E-state index contributed by atoms with van der Waals surface area (Å²) in [6, 6.07) is 3.37. The lowest BCUT2D eigenvalue weighted by Gasteiger charge is -2.32. The number of benzene rings is 1. The molecule has 4 N–H and O–H groups in total. The Morgan fingerprint density at radius 1 is 1.00 bits per heavy atom. The number of carbonyl (C=O) groups excluding carboxylic acids is 4. The Balaban J connectivity index is 2.31. The molecule has 0 aliphatic heterocycles. The Bertz CT molecular complexity index is 1070. The molecule has 0 spiro atoms. The van der Waals surface area contributed by atoms with E-state index in [4.69, 9.17) is 10.5 Å². The SMILES string of the molecule is COc1ccc(C[C@H](NC(=O)CC(C)C)C(=O)NC(CC2CCCCC2)C(=O)C(F)(F)CN(C)C(=O)[C@@H](N)C(C)C)cc1. The number of alkyl halides is 2. The topological polar surface area (TPSA) is 131 Å². The highest BCUT2D eigenvalue weighted by atomic mass is 19.3. The summed E-state index contributed by atoms with van der Waals surface area (Å²) in [6.07, 6.45) is 4.74. The smallest absolute Gasteiger partial charge is 0.324 e. The largest absolute Gasteiger partial charge is 0.497 e. The molecule has 242 valence electrons. The predicted molar refractivity (Wildman–Crippen MR) is 162 cm³/mol. The van der Waals surface area contributed by atoms with Gasteiger partial charge in [0.25, 0.3) is 0 Å². The van der Waals surface area contributed by atoms with Crippen LogP contribution in [-0.4, -0.2) is 73.2 Å². The lowest BCUT2D eigenvalue weighted by atomic mass is 9.83. The summed E-state index contributed by atoms with van der Waals surface area (Å²) in [5.41, 5.74) is 6.58. The van der Waals surface area contributed by atoms with Gasteiger partial charge in [0.05, 0.1) is 25.7 Å². The van der Waals surface area contributed by atoms with Gasteiger partial charge in [0.2, 0.25) is 23.5 Å². The van der Waals surface area contributed by atoms with E-state index in [1.54, 1.807) is 38.1 Å². The third-order valence-electron chi connectivity index (χ3n) is 7.95. The minimum atomic E-state index is -3.93. The number of nitrogens with one attached hydrogen (secondary N) is 2. The highest BCUT2D eigenvalue weighted by Crippen LogP contribution is 2.30. The van der Waals surface area contributed by atoms with Gasteiger partial charge in [-0.25, -0.2) is 0 Å². The zero-order valence-corrected chi connectivity index (χ0v) is 26.5. The van der Waals surface area contributed by atoms with Crippen LogP contribution >= 0.6 is 0 Å². The van der Waals surface area contributed by atoms with E-state index in [9.17, 15) is 19.2 Å². The Hall–Kier alpha value is -3.08. The van der Waals surface area contributed by atoms with Crippen molar-refractivity contribution in [2.45, 2.75) is 103 Å². The molecule has 9 nitrogen and oxygen atoms in total. The van der Waals surface area contributed by atoms with Crippen molar-refractivity contribution in [3.05, 3.63) is 29.8 Å². The molecule has 1 aromatic rings. The van der Waals surface area contributed by atoms with Crippen LogP contribution in [0.1, 0.15) is 78.2 Å². The van der Waals surface area contributed by atoms with Crippen molar-refractivity contribution in [3.8, 4) is 5.75 Å². The molecule has 43 heavy (non-hydrogen) atoms. The maximum atomic E-state index is 15.5. The molecular weight excluding hydrogens is 558 g/mol. The van der Waals surface area contributed by atoms with E-state index >= 15 is 8.78 Å². The first kappa shape index (κ1) is 36.1. The predicted octanol–water partition coefficient (Wildman–Crippen LogP) is 3.87. The van der Waals surface area contributed by atoms with Gasteiger partial charge >= 0.3 is 5.92 Å². The van der Waals surface area contributed by atoms with Crippen LogP contribution in [0.25, 0.3) is 0 Å². The van der Waals surface area contributed by atoms with Crippen LogP contribution < -0.4 is 21.1 Å². The molecule has 0 saturated heterocycles. The Morgan fingerprint density at radius 2 is 1.60 bits per heavy atom. The molecular formula is C32H50F2N4O5. The van der Waals surface area contributed by atoms with Crippen LogP contribution in [0.3, 0.4) is 0 Å². The maximum absolute atomic E-state index is 15.5. The number of halogens is 2. The fraction of sp³-hybridized carbons (Fsp3) is 0.688. The molecule has 1 aliphatic rings. The summed E-state index contributed by atoms with van der Waals surface area (Å²) in [5, 5.41) is 5.31. The lowest BCUT2D eigenvalue weighted by Crippen LogP contribution is -2.58. The van der Waals surface area contributed by atoms with E-state index in [1.165, 1.54) is 14.2 Å². The molecule has 2 rings (SSSR count). The number of amides is 3. The molecule has 1 saturated carbocycles. The third kappa shape index (κ3) is 11.5. The Morgan fingerprint density at radius 3 is 2.14 bits per heavy atom. The fourth-order valence-electron chi connectivity index (χ4n) is 5.34. The molecule has 1 unspecified atom stereocenters. The van der Waals surface area contributed by atoms with E-state index in [0.717, 1.165) is 37.0 Å². The van der Waals surface area contributed by atoms with Crippen LogP contribution in [0.5, 0.6) is 5.75 Å². The number of hydrogen-bond acceptors (Lipinski definition) is 6. The van der Waals surface area contributed by atoms with E-state index in [-0.39, 0.29) is 42.9 Å². The van der Waals surface area contributed by atoms with Crippen molar-refractivity contribution >= 4 is 23.5 Å². The average molecular weight is 609 g/mol. The van der Waals surface area contributed by atoms with Crippen LogP contribution in [0.4, 0.5) is 8.78 Å². The lowest BCUT2D eigenvalue weighted by molar-refractivity contribution is -0.153. The van der Waals surface area contributed by atoms with Gasteiger partial charge < -0.3 is 26.0 Å². The van der Waals surface area contributed by atoms with Gasteiger partial charge in [-0.1, -0.05) is 71.9 Å². The molecule has 0 aromatic heterocycles. The number of nitrogens with zero attached hydrogens (tertiary/aromatic N) is 1. The second-order valence-electron chi connectivity index (χ2n) is 12.6. The molecule has 0 heterocycles. The Labute approximate surface area is 254 Å². The second-order valence-corrected chi connectivity index (χ2v) is 12.6. The number of methoxy groups -OCH3 is 1. The number of rotatable bonds is 16. The zero-order chi connectivity index (χ0) is 32.3.